The molecule has 1 aliphatic carbocycles. The zero-order valence-corrected chi connectivity index (χ0v) is 9.39. The summed E-state index contributed by atoms with van der Waals surface area (Å²) in [6.45, 7) is 5.51. The highest BCUT2D eigenvalue weighted by Crippen LogP contribution is 2.46. The molecule has 0 spiro atoms. The van der Waals surface area contributed by atoms with Crippen molar-refractivity contribution >= 4 is 5.78 Å². The standard InChI is InChI=1S/C12H19NO/c1-10(14)12(3,9-13)8-11(2)6-4-5-7-11/h4-8H2,1-3H3. The van der Waals surface area contributed by atoms with Gasteiger partial charge in [0.05, 0.1) is 6.07 Å². The lowest BCUT2D eigenvalue weighted by Gasteiger charge is -2.30. The number of rotatable bonds is 3. The predicted octanol–water partition coefficient (Wildman–Crippen LogP) is 3.08. The molecule has 78 valence electrons. The fraction of sp³-hybridized carbons (Fsp3) is 0.833. The third-order valence-corrected chi connectivity index (χ3v) is 3.61. The summed E-state index contributed by atoms with van der Waals surface area (Å²) in [5, 5.41) is 9.06. The summed E-state index contributed by atoms with van der Waals surface area (Å²) in [6, 6.07) is 2.18. The molecule has 0 aromatic heterocycles. The molecule has 0 aromatic rings. The van der Waals surface area contributed by atoms with E-state index >= 15 is 0 Å². The van der Waals surface area contributed by atoms with Crippen LogP contribution in [0.25, 0.3) is 0 Å². The Morgan fingerprint density at radius 3 is 2.36 bits per heavy atom. The molecule has 1 rings (SSSR count). The van der Waals surface area contributed by atoms with Gasteiger partial charge in [-0.25, -0.2) is 0 Å². The molecule has 14 heavy (non-hydrogen) atoms. The van der Waals surface area contributed by atoms with E-state index in [9.17, 15) is 4.79 Å². The number of nitrogens with zero attached hydrogens (tertiary/aromatic N) is 1. The fourth-order valence-corrected chi connectivity index (χ4v) is 2.50. The maximum atomic E-state index is 11.4. The molecule has 1 atom stereocenters. The molecule has 1 fully saturated rings. The van der Waals surface area contributed by atoms with Crippen molar-refractivity contribution in [2.24, 2.45) is 10.8 Å². The third kappa shape index (κ3) is 2.15. The van der Waals surface area contributed by atoms with Crippen LogP contribution in [0.3, 0.4) is 0 Å². The molecule has 0 bridgehead atoms. The Balaban J connectivity index is 2.75. The molecular formula is C12H19NO. The molecule has 0 heterocycles. The van der Waals surface area contributed by atoms with E-state index in [4.69, 9.17) is 5.26 Å². The van der Waals surface area contributed by atoms with Gasteiger partial charge < -0.3 is 0 Å². The zero-order chi connectivity index (χ0) is 10.8. The van der Waals surface area contributed by atoms with E-state index < -0.39 is 5.41 Å². The van der Waals surface area contributed by atoms with Gasteiger partial charge >= 0.3 is 0 Å². The Morgan fingerprint density at radius 1 is 1.50 bits per heavy atom. The second kappa shape index (κ2) is 3.73. The van der Waals surface area contributed by atoms with E-state index in [0.717, 1.165) is 19.3 Å². The van der Waals surface area contributed by atoms with Crippen LogP contribution in [0.2, 0.25) is 0 Å². The second-order valence-electron chi connectivity index (χ2n) is 5.19. The molecule has 0 amide bonds. The summed E-state index contributed by atoms with van der Waals surface area (Å²) in [5.41, 5.74) is -0.546. The molecule has 2 heteroatoms. The van der Waals surface area contributed by atoms with Crippen LogP contribution in [0, 0.1) is 22.2 Å². The van der Waals surface area contributed by atoms with Crippen molar-refractivity contribution in [2.75, 3.05) is 0 Å². The molecule has 0 saturated heterocycles. The number of nitriles is 1. The molecule has 1 saturated carbocycles. The van der Waals surface area contributed by atoms with Crippen LogP contribution in [-0.4, -0.2) is 5.78 Å². The van der Waals surface area contributed by atoms with Crippen molar-refractivity contribution in [1.82, 2.24) is 0 Å². The Hall–Kier alpha value is -0.840. The average Bonchev–Trinajstić information content (AvgIpc) is 2.51. The van der Waals surface area contributed by atoms with Crippen molar-refractivity contribution in [2.45, 2.75) is 52.9 Å². The Bertz CT molecular complexity index is 271. The molecular weight excluding hydrogens is 174 g/mol. The predicted molar refractivity (Wildman–Crippen MR) is 55.6 cm³/mol. The Kier molecular flexibility index (Phi) is 2.99. The molecule has 0 N–H and O–H groups in total. The highest BCUT2D eigenvalue weighted by Gasteiger charge is 2.40. The van der Waals surface area contributed by atoms with Crippen LogP contribution in [-0.2, 0) is 4.79 Å². The van der Waals surface area contributed by atoms with Crippen molar-refractivity contribution in [3.8, 4) is 6.07 Å². The SMILES string of the molecule is CC(=O)C(C)(C#N)CC1(C)CCCC1. The maximum absolute atomic E-state index is 11.4. The van der Waals surface area contributed by atoms with Gasteiger partial charge in [0.1, 0.15) is 11.2 Å². The summed E-state index contributed by atoms with van der Waals surface area (Å²) in [7, 11) is 0. The lowest BCUT2D eigenvalue weighted by atomic mass is 9.71. The monoisotopic (exact) mass is 193 g/mol. The van der Waals surface area contributed by atoms with Gasteiger partial charge in [0.2, 0.25) is 0 Å². The highest BCUT2D eigenvalue weighted by molar-refractivity contribution is 5.84. The van der Waals surface area contributed by atoms with Crippen LogP contribution in [0.4, 0.5) is 0 Å². The highest BCUT2D eigenvalue weighted by atomic mass is 16.1. The van der Waals surface area contributed by atoms with E-state index in [0.29, 0.717) is 0 Å². The Labute approximate surface area is 86.3 Å². The zero-order valence-electron chi connectivity index (χ0n) is 9.39. The number of hydrogen-bond acceptors (Lipinski definition) is 2. The first kappa shape index (κ1) is 11.2. The van der Waals surface area contributed by atoms with Crippen molar-refractivity contribution in [1.29, 1.82) is 5.26 Å². The second-order valence-corrected chi connectivity index (χ2v) is 5.19. The smallest absolute Gasteiger partial charge is 0.149 e. The van der Waals surface area contributed by atoms with Gasteiger partial charge in [-0.2, -0.15) is 5.26 Å². The summed E-state index contributed by atoms with van der Waals surface area (Å²) >= 11 is 0. The first-order valence-electron chi connectivity index (χ1n) is 5.34. The molecule has 2 nitrogen and oxygen atoms in total. The van der Waals surface area contributed by atoms with Gasteiger partial charge in [-0.3, -0.25) is 4.79 Å². The van der Waals surface area contributed by atoms with Gasteiger partial charge in [-0.15, -0.1) is 0 Å². The first-order chi connectivity index (χ1) is 6.42. The van der Waals surface area contributed by atoms with Gasteiger partial charge in [0.15, 0.2) is 0 Å². The molecule has 0 aliphatic heterocycles. The van der Waals surface area contributed by atoms with Crippen LogP contribution in [0.15, 0.2) is 0 Å². The van der Waals surface area contributed by atoms with Crippen LogP contribution in [0.1, 0.15) is 52.9 Å². The molecule has 0 aromatic carbocycles. The number of hydrogen-bond donors (Lipinski definition) is 0. The molecule has 1 aliphatic rings. The quantitative estimate of drug-likeness (QED) is 0.691. The minimum Gasteiger partial charge on any atom is -0.298 e. The summed E-state index contributed by atoms with van der Waals surface area (Å²) in [5.74, 6) is 0.00752. The van der Waals surface area contributed by atoms with Crippen molar-refractivity contribution < 1.29 is 4.79 Å². The third-order valence-electron chi connectivity index (χ3n) is 3.61. The van der Waals surface area contributed by atoms with E-state index in [1.807, 2.05) is 0 Å². The van der Waals surface area contributed by atoms with E-state index in [-0.39, 0.29) is 11.2 Å². The molecule has 0 radical (unpaired) electrons. The fourth-order valence-electron chi connectivity index (χ4n) is 2.50. The normalized spacial score (nSPS) is 23.9. The largest absolute Gasteiger partial charge is 0.298 e. The number of carbonyl (C=O) groups excluding carboxylic acids is 1. The minimum atomic E-state index is -0.765. The van der Waals surface area contributed by atoms with Crippen LogP contribution < -0.4 is 0 Å². The van der Waals surface area contributed by atoms with E-state index in [1.165, 1.54) is 19.8 Å². The van der Waals surface area contributed by atoms with Crippen LogP contribution in [0.5, 0.6) is 0 Å². The van der Waals surface area contributed by atoms with Gasteiger partial charge in [-0.1, -0.05) is 19.8 Å². The van der Waals surface area contributed by atoms with Crippen molar-refractivity contribution in [3.05, 3.63) is 0 Å². The summed E-state index contributed by atoms with van der Waals surface area (Å²) < 4.78 is 0. The Morgan fingerprint density at radius 2 is 2.00 bits per heavy atom. The number of ketones is 1. The molecule has 1 unspecified atom stereocenters. The van der Waals surface area contributed by atoms with E-state index in [1.54, 1.807) is 6.92 Å². The first-order valence-corrected chi connectivity index (χ1v) is 5.34. The summed E-state index contributed by atoms with van der Waals surface area (Å²) in [6.07, 6.45) is 5.55. The van der Waals surface area contributed by atoms with Crippen LogP contribution >= 0.6 is 0 Å². The average molecular weight is 193 g/mol. The lowest BCUT2D eigenvalue weighted by molar-refractivity contribution is -0.124. The minimum absolute atomic E-state index is 0.00752. The summed E-state index contributed by atoms with van der Waals surface area (Å²) in [4.78, 5) is 11.4. The lowest BCUT2D eigenvalue weighted by Crippen LogP contribution is -2.30. The van der Waals surface area contributed by atoms with E-state index in [2.05, 4.69) is 13.0 Å². The number of carbonyl (C=O) groups is 1. The van der Waals surface area contributed by atoms with Gasteiger partial charge in [-0.05, 0) is 38.5 Å². The van der Waals surface area contributed by atoms with Crippen molar-refractivity contribution in [3.63, 3.8) is 0 Å². The number of Topliss-reactive ketones (excluding diaryl/α,β-unsaturated/α-hetero) is 1. The topological polar surface area (TPSA) is 40.9 Å². The van der Waals surface area contributed by atoms with Gasteiger partial charge in [0, 0.05) is 0 Å². The van der Waals surface area contributed by atoms with Gasteiger partial charge in [0.25, 0.3) is 0 Å². The maximum Gasteiger partial charge on any atom is 0.149 e.